The van der Waals surface area contributed by atoms with E-state index in [0.717, 1.165) is 5.56 Å². The molecular weight excluding hydrogens is 430 g/mol. The number of hydrazine groups is 1. The number of benzene rings is 2. The maximum Gasteiger partial charge on any atom is 0.289 e. The molecule has 0 spiro atoms. The second kappa shape index (κ2) is 10.3. The zero-order valence-corrected chi connectivity index (χ0v) is 17.6. The summed E-state index contributed by atoms with van der Waals surface area (Å²) >= 11 is 1.27. The van der Waals surface area contributed by atoms with Crippen LogP contribution in [0.4, 0.5) is 0 Å². The van der Waals surface area contributed by atoms with Gasteiger partial charge in [-0.05, 0) is 42.0 Å². The van der Waals surface area contributed by atoms with E-state index in [0.29, 0.717) is 28.9 Å². The Hall–Kier alpha value is -4.11. The highest BCUT2D eigenvalue weighted by molar-refractivity contribution is 7.13. The van der Waals surface area contributed by atoms with Gasteiger partial charge >= 0.3 is 0 Å². The summed E-state index contributed by atoms with van der Waals surface area (Å²) in [5.41, 5.74) is 5.85. The van der Waals surface area contributed by atoms with E-state index in [1.807, 2.05) is 30.3 Å². The van der Waals surface area contributed by atoms with E-state index >= 15 is 0 Å². The molecule has 0 unspecified atom stereocenters. The first-order valence-corrected chi connectivity index (χ1v) is 10.5. The van der Waals surface area contributed by atoms with Crippen LogP contribution in [0.2, 0.25) is 0 Å². The Balaban J connectivity index is 1.19. The molecule has 0 aliphatic heterocycles. The Morgan fingerprint density at radius 2 is 1.66 bits per heavy atom. The average Bonchev–Trinajstić information content (AvgIpc) is 3.53. The molecule has 4 aromatic rings. The summed E-state index contributed by atoms with van der Waals surface area (Å²) in [5.74, 6) is 0.718. The number of furan rings is 1. The molecule has 0 atom stereocenters. The monoisotopic (exact) mass is 449 g/mol. The van der Waals surface area contributed by atoms with Crippen molar-refractivity contribution in [3.8, 4) is 22.3 Å². The van der Waals surface area contributed by atoms with Gasteiger partial charge in [0.05, 0.1) is 6.26 Å². The minimum Gasteiger partial charge on any atom is -0.489 e. The number of aromatic nitrogens is 1. The Kier molecular flexibility index (Phi) is 6.78. The van der Waals surface area contributed by atoms with E-state index in [1.165, 1.54) is 17.6 Å². The van der Waals surface area contributed by atoms with Crippen molar-refractivity contribution in [3.05, 3.63) is 89.6 Å². The molecular formula is C23H19N3O5S. The van der Waals surface area contributed by atoms with Crippen molar-refractivity contribution in [3.63, 3.8) is 0 Å². The first-order chi connectivity index (χ1) is 15.7. The van der Waals surface area contributed by atoms with Crippen molar-refractivity contribution in [1.82, 2.24) is 15.8 Å². The molecule has 0 saturated heterocycles. The SMILES string of the molecule is O=C(COc1ccc(OCc2ccccc2)cc1)NNC(=O)c1csc(-c2ccco2)n1. The van der Waals surface area contributed by atoms with Crippen molar-refractivity contribution in [2.75, 3.05) is 6.61 Å². The highest BCUT2D eigenvalue weighted by Gasteiger charge is 2.14. The number of amides is 2. The van der Waals surface area contributed by atoms with Gasteiger partial charge in [-0.2, -0.15) is 0 Å². The van der Waals surface area contributed by atoms with Gasteiger partial charge < -0.3 is 13.9 Å². The molecule has 0 bridgehead atoms. The lowest BCUT2D eigenvalue weighted by molar-refractivity contribution is -0.123. The number of thiazole rings is 1. The lowest BCUT2D eigenvalue weighted by Crippen LogP contribution is -2.43. The fourth-order valence-electron chi connectivity index (χ4n) is 2.64. The number of carbonyl (C=O) groups excluding carboxylic acids is 2. The lowest BCUT2D eigenvalue weighted by Gasteiger charge is -2.09. The number of nitrogens with one attached hydrogen (secondary N) is 2. The average molecular weight is 449 g/mol. The number of hydrogen-bond donors (Lipinski definition) is 2. The molecule has 2 aromatic carbocycles. The largest absolute Gasteiger partial charge is 0.489 e. The number of carbonyl (C=O) groups is 2. The topological polar surface area (TPSA) is 103 Å². The van der Waals surface area contributed by atoms with E-state index in [2.05, 4.69) is 15.8 Å². The van der Waals surface area contributed by atoms with Gasteiger partial charge in [-0.25, -0.2) is 4.98 Å². The Labute approximate surface area is 187 Å². The molecule has 9 heteroatoms. The van der Waals surface area contributed by atoms with E-state index in [4.69, 9.17) is 13.9 Å². The van der Waals surface area contributed by atoms with Gasteiger partial charge in [0, 0.05) is 5.38 Å². The number of ether oxygens (including phenoxy) is 2. The van der Waals surface area contributed by atoms with Gasteiger partial charge in [-0.1, -0.05) is 30.3 Å². The van der Waals surface area contributed by atoms with Crippen LogP contribution in [-0.4, -0.2) is 23.4 Å². The third-order valence-electron chi connectivity index (χ3n) is 4.23. The van der Waals surface area contributed by atoms with Crippen molar-refractivity contribution in [2.24, 2.45) is 0 Å². The molecule has 2 amide bonds. The van der Waals surface area contributed by atoms with Crippen molar-refractivity contribution < 1.29 is 23.5 Å². The second-order valence-electron chi connectivity index (χ2n) is 6.55. The van der Waals surface area contributed by atoms with Crippen LogP contribution in [-0.2, 0) is 11.4 Å². The van der Waals surface area contributed by atoms with Crippen LogP contribution in [0, 0.1) is 0 Å². The fraction of sp³-hybridized carbons (Fsp3) is 0.0870. The molecule has 0 radical (unpaired) electrons. The number of nitrogens with zero attached hydrogens (tertiary/aromatic N) is 1. The van der Waals surface area contributed by atoms with Crippen molar-refractivity contribution in [2.45, 2.75) is 6.61 Å². The molecule has 162 valence electrons. The molecule has 2 heterocycles. The minimum absolute atomic E-state index is 0.175. The normalized spacial score (nSPS) is 10.4. The van der Waals surface area contributed by atoms with Gasteiger partial charge in [0.2, 0.25) is 0 Å². The Bertz CT molecular complexity index is 1160. The Morgan fingerprint density at radius 3 is 2.38 bits per heavy atom. The van der Waals surface area contributed by atoms with Gasteiger partial charge in [-0.3, -0.25) is 20.4 Å². The first-order valence-electron chi connectivity index (χ1n) is 9.65. The van der Waals surface area contributed by atoms with Gasteiger partial charge in [-0.15, -0.1) is 11.3 Å². The van der Waals surface area contributed by atoms with Crippen LogP contribution >= 0.6 is 11.3 Å². The maximum atomic E-state index is 12.1. The standard InChI is InChI=1S/C23H19N3O5S/c27-21(25-26-22(28)19-15-32-23(24-19)20-7-4-12-29-20)14-31-18-10-8-17(9-11-18)30-13-16-5-2-1-3-6-16/h1-12,15H,13-14H2,(H,25,27)(H,26,28). The van der Waals surface area contributed by atoms with Crippen LogP contribution in [0.1, 0.15) is 16.1 Å². The quantitative estimate of drug-likeness (QED) is 0.397. The molecule has 2 N–H and O–H groups in total. The minimum atomic E-state index is -0.535. The van der Waals surface area contributed by atoms with Crippen LogP contribution in [0.3, 0.4) is 0 Å². The number of hydrogen-bond acceptors (Lipinski definition) is 7. The molecule has 4 rings (SSSR count). The molecule has 0 fully saturated rings. The molecule has 32 heavy (non-hydrogen) atoms. The van der Waals surface area contributed by atoms with Crippen LogP contribution in [0.25, 0.3) is 10.8 Å². The van der Waals surface area contributed by atoms with E-state index in [1.54, 1.807) is 41.8 Å². The van der Waals surface area contributed by atoms with Crippen LogP contribution < -0.4 is 20.3 Å². The summed E-state index contributed by atoms with van der Waals surface area (Å²) in [6.07, 6.45) is 1.53. The van der Waals surface area contributed by atoms with Crippen LogP contribution in [0.15, 0.2) is 82.8 Å². The van der Waals surface area contributed by atoms with Crippen molar-refractivity contribution >= 4 is 23.2 Å². The highest BCUT2D eigenvalue weighted by atomic mass is 32.1. The Morgan fingerprint density at radius 1 is 0.906 bits per heavy atom. The summed E-state index contributed by atoms with van der Waals surface area (Å²) in [7, 11) is 0. The zero-order chi connectivity index (χ0) is 22.2. The fourth-order valence-corrected chi connectivity index (χ4v) is 3.41. The molecule has 0 aliphatic carbocycles. The molecule has 2 aromatic heterocycles. The predicted octanol–water partition coefficient (Wildman–Crippen LogP) is 3.82. The van der Waals surface area contributed by atoms with Crippen LogP contribution in [0.5, 0.6) is 11.5 Å². The smallest absolute Gasteiger partial charge is 0.289 e. The van der Waals surface area contributed by atoms with Gasteiger partial charge in [0.1, 0.15) is 23.8 Å². The summed E-state index contributed by atoms with van der Waals surface area (Å²) in [6, 6.07) is 20.3. The summed E-state index contributed by atoms with van der Waals surface area (Å²) < 4.78 is 16.4. The third kappa shape index (κ3) is 5.73. The summed E-state index contributed by atoms with van der Waals surface area (Å²) in [5, 5.41) is 2.16. The molecule has 0 saturated carbocycles. The summed E-state index contributed by atoms with van der Waals surface area (Å²) in [6.45, 7) is 0.199. The van der Waals surface area contributed by atoms with E-state index < -0.39 is 11.8 Å². The van der Waals surface area contributed by atoms with E-state index in [-0.39, 0.29) is 12.3 Å². The summed E-state index contributed by atoms with van der Waals surface area (Å²) in [4.78, 5) is 28.3. The zero-order valence-electron chi connectivity index (χ0n) is 16.8. The van der Waals surface area contributed by atoms with Gasteiger partial charge in [0.15, 0.2) is 17.4 Å². The van der Waals surface area contributed by atoms with Gasteiger partial charge in [0.25, 0.3) is 11.8 Å². The predicted molar refractivity (Wildman–Crippen MR) is 118 cm³/mol. The first kappa shape index (κ1) is 21.1. The molecule has 0 aliphatic rings. The second-order valence-corrected chi connectivity index (χ2v) is 7.41. The number of rotatable bonds is 8. The third-order valence-corrected chi connectivity index (χ3v) is 5.08. The van der Waals surface area contributed by atoms with Crippen molar-refractivity contribution in [1.29, 1.82) is 0 Å². The lowest BCUT2D eigenvalue weighted by atomic mass is 10.2. The van der Waals surface area contributed by atoms with E-state index in [9.17, 15) is 9.59 Å². The maximum absolute atomic E-state index is 12.1. The highest BCUT2D eigenvalue weighted by Crippen LogP contribution is 2.23. The molecule has 8 nitrogen and oxygen atoms in total.